The lowest BCUT2D eigenvalue weighted by molar-refractivity contribution is 0.355. The molecule has 1 heterocycles. The number of rotatable bonds is 7. The number of H-pyrrole nitrogens is 1. The molecule has 148 valence electrons. The number of hydrogen-bond donors (Lipinski definition) is 2. The number of benzene rings is 2. The van der Waals surface area contributed by atoms with E-state index in [1.165, 1.54) is 7.11 Å². The van der Waals surface area contributed by atoms with Crippen LogP contribution in [0.5, 0.6) is 17.2 Å². The van der Waals surface area contributed by atoms with Crippen molar-refractivity contribution in [3.63, 3.8) is 0 Å². The third-order valence-electron chi connectivity index (χ3n) is 4.69. The molecule has 0 fully saturated rings. The van der Waals surface area contributed by atoms with E-state index >= 15 is 0 Å². The van der Waals surface area contributed by atoms with Crippen molar-refractivity contribution in [3.05, 3.63) is 57.6 Å². The first-order valence-corrected chi connectivity index (χ1v) is 8.99. The van der Waals surface area contributed by atoms with Crippen molar-refractivity contribution >= 4 is 10.9 Å². The third kappa shape index (κ3) is 3.94. The molecule has 1 aromatic heterocycles. The van der Waals surface area contributed by atoms with Crippen LogP contribution >= 0.6 is 0 Å². The van der Waals surface area contributed by atoms with Crippen molar-refractivity contribution < 1.29 is 14.2 Å². The van der Waals surface area contributed by atoms with Crippen molar-refractivity contribution in [2.75, 3.05) is 21.3 Å². The second-order valence-electron chi connectivity index (χ2n) is 6.58. The van der Waals surface area contributed by atoms with Crippen LogP contribution in [0, 0.1) is 6.92 Å². The second-order valence-corrected chi connectivity index (χ2v) is 6.58. The minimum atomic E-state index is -0.219. The van der Waals surface area contributed by atoms with Gasteiger partial charge in [-0.3, -0.25) is 4.79 Å². The number of nitrogens with zero attached hydrogens (tertiary/aromatic N) is 1. The quantitative estimate of drug-likeness (QED) is 0.652. The Bertz CT molecular complexity index is 1050. The van der Waals surface area contributed by atoms with Gasteiger partial charge in [0.2, 0.25) is 0 Å². The Labute approximate surface area is 163 Å². The van der Waals surface area contributed by atoms with E-state index in [9.17, 15) is 4.79 Å². The standard InChI is InChI=1S/C21H25N3O4/c1-12-6-7-17(26-3)14(8-12)13(2)22-11-20-23-16-10-19(28-5)18(27-4)9-15(16)21(25)24-20/h6-10,13,22H,11H2,1-5H3,(H,23,24,25)/t13-/m1/s1. The summed E-state index contributed by atoms with van der Waals surface area (Å²) in [5, 5.41) is 3.85. The van der Waals surface area contributed by atoms with Crippen LogP contribution in [0.15, 0.2) is 35.1 Å². The summed E-state index contributed by atoms with van der Waals surface area (Å²) < 4.78 is 16.0. The summed E-state index contributed by atoms with van der Waals surface area (Å²) in [5.41, 5.74) is 2.54. The van der Waals surface area contributed by atoms with Gasteiger partial charge in [0.15, 0.2) is 11.5 Å². The maximum absolute atomic E-state index is 12.5. The molecule has 0 spiro atoms. The monoisotopic (exact) mass is 383 g/mol. The molecule has 0 bridgehead atoms. The summed E-state index contributed by atoms with van der Waals surface area (Å²) in [6.45, 7) is 4.49. The van der Waals surface area contributed by atoms with Crippen LogP contribution in [0.4, 0.5) is 0 Å². The molecule has 0 radical (unpaired) electrons. The fraction of sp³-hybridized carbons (Fsp3) is 0.333. The van der Waals surface area contributed by atoms with Gasteiger partial charge in [-0.05, 0) is 26.0 Å². The molecule has 0 aliphatic rings. The predicted molar refractivity (Wildman–Crippen MR) is 108 cm³/mol. The molecule has 7 heteroatoms. The average molecular weight is 383 g/mol. The number of ether oxygens (including phenoxy) is 3. The zero-order valence-electron chi connectivity index (χ0n) is 16.8. The van der Waals surface area contributed by atoms with Gasteiger partial charge >= 0.3 is 0 Å². The summed E-state index contributed by atoms with van der Waals surface area (Å²) in [6, 6.07) is 9.42. The van der Waals surface area contributed by atoms with Crippen LogP contribution in [0.2, 0.25) is 0 Å². The van der Waals surface area contributed by atoms with Crippen LogP contribution in [0.25, 0.3) is 10.9 Å². The van der Waals surface area contributed by atoms with E-state index in [2.05, 4.69) is 21.4 Å². The average Bonchev–Trinajstić information content (AvgIpc) is 2.71. The Morgan fingerprint density at radius 2 is 1.71 bits per heavy atom. The Balaban J connectivity index is 1.87. The first-order valence-electron chi connectivity index (χ1n) is 8.99. The van der Waals surface area contributed by atoms with E-state index in [1.807, 2.05) is 26.0 Å². The first-order chi connectivity index (χ1) is 13.5. The maximum atomic E-state index is 12.5. The molecule has 0 saturated heterocycles. The smallest absolute Gasteiger partial charge is 0.258 e. The SMILES string of the molecule is COc1cc2nc(CN[C@H](C)c3cc(C)ccc3OC)[nH]c(=O)c2cc1OC. The van der Waals surface area contributed by atoms with Crippen LogP contribution in [0.3, 0.4) is 0 Å². The molecule has 1 atom stereocenters. The third-order valence-corrected chi connectivity index (χ3v) is 4.69. The molecule has 0 aliphatic carbocycles. The number of aromatic nitrogens is 2. The highest BCUT2D eigenvalue weighted by Crippen LogP contribution is 2.30. The molecule has 0 aliphatic heterocycles. The van der Waals surface area contributed by atoms with Gasteiger partial charge in [-0.25, -0.2) is 4.98 Å². The van der Waals surface area contributed by atoms with Crippen LogP contribution in [-0.4, -0.2) is 31.3 Å². The van der Waals surface area contributed by atoms with Crippen molar-refractivity contribution in [1.29, 1.82) is 0 Å². The molecular formula is C21H25N3O4. The topological polar surface area (TPSA) is 85.5 Å². The molecule has 2 N–H and O–H groups in total. The Hall–Kier alpha value is -3.06. The number of nitrogens with one attached hydrogen (secondary N) is 2. The summed E-state index contributed by atoms with van der Waals surface area (Å²) in [6.07, 6.45) is 0. The molecule has 28 heavy (non-hydrogen) atoms. The van der Waals surface area contributed by atoms with Gasteiger partial charge < -0.3 is 24.5 Å². The van der Waals surface area contributed by atoms with E-state index in [0.717, 1.165) is 16.9 Å². The molecule has 0 amide bonds. The highest BCUT2D eigenvalue weighted by atomic mass is 16.5. The number of aryl methyl sites for hydroxylation is 1. The maximum Gasteiger partial charge on any atom is 0.258 e. The molecule has 7 nitrogen and oxygen atoms in total. The van der Waals surface area contributed by atoms with E-state index in [1.54, 1.807) is 26.4 Å². The minimum absolute atomic E-state index is 0.0150. The Morgan fingerprint density at radius 1 is 1.04 bits per heavy atom. The van der Waals surface area contributed by atoms with Crippen LogP contribution < -0.4 is 25.1 Å². The van der Waals surface area contributed by atoms with E-state index in [-0.39, 0.29) is 11.6 Å². The largest absolute Gasteiger partial charge is 0.496 e. The summed E-state index contributed by atoms with van der Waals surface area (Å²) in [4.78, 5) is 19.9. The van der Waals surface area contributed by atoms with Crippen molar-refractivity contribution in [2.45, 2.75) is 26.4 Å². The second kappa shape index (κ2) is 8.31. The number of methoxy groups -OCH3 is 3. The summed E-state index contributed by atoms with van der Waals surface area (Å²) in [5.74, 6) is 2.39. The predicted octanol–water partition coefficient (Wildman–Crippen LogP) is 3.11. The van der Waals surface area contributed by atoms with Crippen LogP contribution in [0.1, 0.15) is 29.9 Å². The number of hydrogen-bond acceptors (Lipinski definition) is 6. The van der Waals surface area contributed by atoms with E-state index in [0.29, 0.717) is 34.8 Å². The summed E-state index contributed by atoms with van der Waals surface area (Å²) >= 11 is 0. The van der Waals surface area contributed by atoms with Crippen molar-refractivity contribution in [1.82, 2.24) is 15.3 Å². The lowest BCUT2D eigenvalue weighted by Crippen LogP contribution is -2.22. The lowest BCUT2D eigenvalue weighted by Gasteiger charge is -2.18. The minimum Gasteiger partial charge on any atom is -0.496 e. The van der Waals surface area contributed by atoms with Crippen molar-refractivity contribution in [3.8, 4) is 17.2 Å². The van der Waals surface area contributed by atoms with Gasteiger partial charge in [-0.1, -0.05) is 17.7 Å². The fourth-order valence-electron chi connectivity index (χ4n) is 3.15. The highest BCUT2D eigenvalue weighted by molar-refractivity contribution is 5.81. The van der Waals surface area contributed by atoms with Gasteiger partial charge in [0, 0.05) is 17.7 Å². The Morgan fingerprint density at radius 3 is 2.39 bits per heavy atom. The summed E-state index contributed by atoms with van der Waals surface area (Å²) in [7, 11) is 4.74. The molecule has 0 unspecified atom stereocenters. The van der Waals surface area contributed by atoms with Crippen LogP contribution in [-0.2, 0) is 6.54 Å². The van der Waals surface area contributed by atoms with Crippen molar-refractivity contribution in [2.24, 2.45) is 0 Å². The zero-order valence-corrected chi connectivity index (χ0v) is 16.8. The fourth-order valence-corrected chi connectivity index (χ4v) is 3.15. The van der Waals surface area contributed by atoms with Gasteiger partial charge in [0.1, 0.15) is 11.6 Å². The highest BCUT2D eigenvalue weighted by Gasteiger charge is 2.14. The molecule has 2 aromatic carbocycles. The molecule has 3 aromatic rings. The lowest BCUT2D eigenvalue weighted by atomic mass is 10.0. The first kappa shape index (κ1) is 19.7. The zero-order chi connectivity index (χ0) is 20.3. The van der Waals surface area contributed by atoms with Gasteiger partial charge in [-0.15, -0.1) is 0 Å². The van der Waals surface area contributed by atoms with Gasteiger partial charge in [0.25, 0.3) is 5.56 Å². The van der Waals surface area contributed by atoms with E-state index in [4.69, 9.17) is 14.2 Å². The van der Waals surface area contributed by atoms with E-state index < -0.39 is 0 Å². The normalized spacial score (nSPS) is 12.0. The van der Waals surface area contributed by atoms with Gasteiger partial charge in [-0.2, -0.15) is 0 Å². The number of aromatic amines is 1. The molecule has 0 saturated carbocycles. The van der Waals surface area contributed by atoms with Gasteiger partial charge in [0.05, 0.1) is 38.8 Å². The molecular weight excluding hydrogens is 358 g/mol. The number of fused-ring (bicyclic) bond motifs is 1. The Kier molecular flexibility index (Phi) is 5.84. The molecule has 3 rings (SSSR count).